The van der Waals surface area contributed by atoms with E-state index in [2.05, 4.69) is 10.3 Å². The highest BCUT2D eigenvalue weighted by Crippen LogP contribution is 2.14. The molecule has 94 valence electrons. The lowest BCUT2D eigenvalue weighted by Crippen LogP contribution is -2.12. The van der Waals surface area contributed by atoms with Gasteiger partial charge in [0.05, 0.1) is 5.69 Å². The molecule has 0 atom stereocenters. The van der Waals surface area contributed by atoms with E-state index in [1.807, 2.05) is 36.6 Å². The topological polar surface area (TPSA) is 68.0 Å². The molecule has 5 heteroatoms. The first-order valence-corrected chi connectivity index (χ1v) is 6.58. The van der Waals surface area contributed by atoms with Crippen molar-refractivity contribution in [3.05, 3.63) is 40.9 Å². The van der Waals surface area contributed by atoms with Crippen molar-refractivity contribution in [3.8, 4) is 0 Å². The Morgan fingerprint density at radius 2 is 2.33 bits per heavy atom. The second kappa shape index (κ2) is 5.64. The van der Waals surface area contributed by atoms with E-state index >= 15 is 0 Å². The van der Waals surface area contributed by atoms with Crippen LogP contribution in [0.5, 0.6) is 0 Å². The smallest absolute Gasteiger partial charge is 0.224 e. The molecule has 2 rings (SSSR count). The van der Waals surface area contributed by atoms with Crippen LogP contribution in [0.25, 0.3) is 0 Å². The first kappa shape index (κ1) is 12.6. The Morgan fingerprint density at radius 1 is 1.50 bits per heavy atom. The Balaban J connectivity index is 1.85. The number of hydrogen-bond acceptors (Lipinski definition) is 4. The van der Waals surface area contributed by atoms with Crippen molar-refractivity contribution in [1.82, 2.24) is 4.98 Å². The molecule has 0 spiro atoms. The van der Waals surface area contributed by atoms with E-state index in [-0.39, 0.29) is 5.91 Å². The number of aryl methyl sites for hydroxylation is 2. The predicted octanol–water partition coefficient (Wildman–Crippen LogP) is 2.61. The molecular weight excluding hydrogens is 246 g/mol. The highest BCUT2D eigenvalue weighted by Gasteiger charge is 2.05. The zero-order valence-corrected chi connectivity index (χ0v) is 11.0. The van der Waals surface area contributed by atoms with Gasteiger partial charge in [-0.3, -0.25) is 4.79 Å². The Morgan fingerprint density at radius 3 is 3.00 bits per heavy atom. The summed E-state index contributed by atoms with van der Waals surface area (Å²) < 4.78 is 0. The van der Waals surface area contributed by atoms with Crippen LogP contribution in [-0.4, -0.2) is 10.9 Å². The minimum absolute atomic E-state index is 0.00725. The minimum atomic E-state index is -0.00725. The molecule has 0 aliphatic rings. The average molecular weight is 261 g/mol. The lowest BCUT2D eigenvalue weighted by atomic mass is 10.2. The van der Waals surface area contributed by atoms with Crippen molar-refractivity contribution in [3.63, 3.8) is 0 Å². The standard InChI is InChI=1S/C13H15N3OS/c1-9-3-2-4-10(7-9)15-12(17)6-5-11-8-18-13(14)16-11/h2-4,7-8H,5-6H2,1H3,(H2,14,16)(H,15,17). The summed E-state index contributed by atoms with van der Waals surface area (Å²) in [5, 5.41) is 5.29. The Hall–Kier alpha value is -1.88. The summed E-state index contributed by atoms with van der Waals surface area (Å²) in [6.45, 7) is 1.99. The average Bonchev–Trinajstić information content (AvgIpc) is 2.73. The number of nitrogens with one attached hydrogen (secondary N) is 1. The number of nitrogens with two attached hydrogens (primary N) is 1. The highest BCUT2D eigenvalue weighted by atomic mass is 32.1. The van der Waals surface area contributed by atoms with E-state index in [1.54, 1.807) is 0 Å². The van der Waals surface area contributed by atoms with Crippen molar-refractivity contribution >= 4 is 28.1 Å². The fraction of sp³-hybridized carbons (Fsp3) is 0.231. The number of nitrogen functional groups attached to an aromatic ring is 1. The van der Waals surface area contributed by atoms with Gasteiger partial charge in [0.25, 0.3) is 0 Å². The van der Waals surface area contributed by atoms with E-state index in [0.717, 1.165) is 16.9 Å². The number of carbonyl (C=O) groups is 1. The second-order valence-electron chi connectivity index (χ2n) is 4.09. The van der Waals surface area contributed by atoms with Gasteiger partial charge in [0.15, 0.2) is 5.13 Å². The quantitative estimate of drug-likeness (QED) is 0.889. The van der Waals surface area contributed by atoms with Gasteiger partial charge in [-0.25, -0.2) is 4.98 Å². The Bertz CT molecular complexity index is 551. The highest BCUT2D eigenvalue weighted by molar-refractivity contribution is 7.13. The number of benzene rings is 1. The summed E-state index contributed by atoms with van der Waals surface area (Å²) in [4.78, 5) is 15.9. The van der Waals surface area contributed by atoms with E-state index in [1.165, 1.54) is 11.3 Å². The number of thiazole rings is 1. The van der Waals surface area contributed by atoms with Gasteiger partial charge >= 0.3 is 0 Å². The Labute approximate surface area is 110 Å². The molecule has 18 heavy (non-hydrogen) atoms. The van der Waals surface area contributed by atoms with Crippen LogP contribution < -0.4 is 11.1 Å². The molecule has 2 aromatic rings. The number of nitrogens with zero attached hydrogens (tertiary/aromatic N) is 1. The number of aromatic nitrogens is 1. The molecular formula is C13H15N3OS. The normalized spacial score (nSPS) is 10.3. The third kappa shape index (κ3) is 3.56. The molecule has 0 aliphatic heterocycles. The van der Waals surface area contributed by atoms with Gasteiger partial charge < -0.3 is 11.1 Å². The van der Waals surface area contributed by atoms with Gasteiger partial charge in [0.2, 0.25) is 5.91 Å². The largest absolute Gasteiger partial charge is 0.375 e. The zero-order valence-electron chi connectivity index (χ0n) is 10.1. The van der Waals surface area contributed by atoms with Crippen LogP contribution in [0.4, 0.5) is 10.8 Å². The number of rotatable bonds is 4. The SMILES string of the molecule is Cc1cccc(NC(=O)CCc2csc(N)n2)c1. The monoisotopic (exact) mass is 261 g/mol. The molecule has 1 aromatic heterocycles. The molecule has 4 nitrogen and oxygen atoms in total. The molecule has 0 saturated heterocycles. The molecule has 0 unspecified atom stereocenters. The first-order valence-electron chi connectivity index (χ1n) is 5.70. The van der Waals surface area contributed by atoms with Crippen molar-refractivity contribution in [1.29, 1.82) is 0 Å². The maximum Gasteiger partial charge on any atom is 0.224 e. The summed E-state index contributed by atoms with van der Waals surface area (Å²) >= 11 is 1.40. The zero-order chi connectivity index (χ0) is 13.0. The van der Waals surface area contributed by atoms with Crippen molar-refractivity contribution in [2.24, 2.45) is 0 Å². The number of amides is 1. The van der Waals surface area contributed by atoms with E-state index in [9.17, 15) is 4.79 Å². The summed E-state index contributed by atoms with van der Waals surface area (Å²) in [7, 11) is 0. The van der Waals surface area contributed by atoms with Crippen LogP contribution in [0.3, 0.4) is 0 Å². The van der Waals surface area contributed by atoms with Crippen molar-refractivity contribution < 1.29 is 4.79 Å². The lowest BCUT2D eigenvalue weighted by Gasteiger charge is -2.05. The van der Waals surface area contributed by atoms with Crippen molar-refractivity contribution in [2.75, 3.05) is 11.1 Å². The van der Waals surface area contributed by atoms with Gasteiger partial charge in [-0.05, 0) is 31.0 Å². The number of hydrogen-bond donors (Lipinski definition) is 2. The Kier molecular flexibility index (Phi) is 3.94. The summed E-state index contributed by atoms with van der Waals surface area (Å²) in [6, 6.07) is 7.74. The first-order chi connectivity index (χ1) is 8.63. The summed E-state index contributed by atoms with van der Waals surface area (Å²) in [5.74, 6) is -0.00725. The molecule has 0 saturated carbocycles. The number of anilines is 2. The fourth-order valence-electron chi connectivity index (χ4n) is 1.63. The van der Waals surface area contributed by atoms with Crippen molar-refractivity contribution in [2.45, 2.75) is 19.8 Å². The third-order valence-electron chi connectivity index (χ3n) is 2.48. The molecule has 1 aromatic carbocycles. The summed E-state index contributed by atoms with van der Waals surface area (Å²) in [5.41, 5.74) is 8.36. The molecule has 3 N–H and O–H groups in total. The molecule has 1 amide bonds. The van der Waals surface area contributed by atoms with Gasteiger partial charge in [-0.2, -0.15) is 0 Å². The predicted molar refractivity (Wildman–Crippen MR) is 74.7 cm³/mol. The van der Waals surface area contributed by atoms with E-state index in [4.69, 9.17) is 5.73 Å². The van der Waals surface area contributed by atoms with Gasteiger partial charge in [0, 0.05) is 17.5 Å². The van der Waals surface area contributed by atoms with Gasteiger partial charge in [-0.1, -0.05) is 12.1 Å². The molecule has 1 heterocycles. The second-order valence-corrected chi connectivity index (χ2v) is 4.98. The molecule has 0 fully saturated rings. The fourth-order valence-corrected chi connectivity index (χ4v) is 2.22. The molecule has 0 radical (unpaired) electrons. The van der Waals surface area contributed by atoms with Crippen LogP contribution in [0.1, 0.15) is 17.7 Å². The van der Waals surface area contributed by atoms with Gasteiger partial charge in [-0.15, -0.1) is 11.3 Å². The van der Waals surface area contributed by atoms with Crippen LogP contribution in [-0.2, 0) is 11.2 Å². The van der Waals surface area contributed by atoms with Crippen LogP contribution in [0.2, 0.25) is 0 Å². The van der Waals surface area contributed by atoms with Crippen LogP contribution >= 0.6 is 11.3 Å². The van der Waals surface area contributed by atoms with E-state index < -0.39 is 0 Å². The maximum absolute atomic E-state index is 11.7. The number of carbonyl (C=O) groups excluding carboxylic acids is 1. The molecule has 0 aliphatic carbocycles. The third-order valence-corrected chi connectivity index (χ3v) is 3.20. The van der Waals surface area contributed by atoms with Crippen LogP contribution in [0, 0.1) is 6.92 Å². The van der Waals surface area contributed by atoms with Crippen LogP contribution in [0.15, 0.2) is 29.6 Å². The van der Waals surface area contributed by atoms with E-state index in [0.29, 0.717) is 18.0 Å². The lowest BCUT2D eigenvalue weighted by molar-refractivity contribution is -0.116. The summed E-state index contributed by atoms with van der Waals surface area (Å²) in [6.07, 6.45) is 1.03. The maximum atomic E-state index is 11.7. The minimum Gasteiger partial charge on any atom is -0.375 e. The molecule has 0 bridgehead atoms. The van der Waals surface area contributed by atoms with Gasteiger partial charge in [0.1, 0.15) is 0 Å².